The van der Waals surface area contributed by atoms with Crippen LogP contribution in [0.3, 0.4) is 0 Å². The Kier molecular flexibility index (Phi) is 8.24. The molecular formula is C9H20N2OS. The summed E-state index contributed by atoms with van der Waals surface area (Å²) in [6.45, 7) is 4.81. The largest absolute Gasteiger partial charge is 0.353 e. The minimum Gasteiger partial charge on any atom is -0.353 e. The molecule has 0 radical (unpaired) electrons. The summed E-state index contributed by atoms with van der Waals surface area (Å²) in [4.78, 5) is 11.3. The predicted octanol–water partition coefficient (Wildman–Crippen LogP) is 0.983. The van der Waals surface area contributed by atoms with Gasteiger partial charge in [-0.05, 0) is 12.8 Å². The van der Waals surface area contributed by atoms with Crippen LogP contribution in [-0.4, -0.2) is 30.0 Å². The van der Waals surface area contributed by atoms with Crippen molar-refractivity contribution in [2.75, 3.05) is 18.1 Å². The van der Waals surface area contributed by atoms with E-state index in [1.807, 2.05) is 0 Å². The summed E-state index contributed by atoms with van der Waals surface area (Å²) in [7, 11) is 0. The lowest BCUT2D eigenvalue weighted by molar-refractivity contribution is -0.119. The average Bonchev–Trinajstić information content (AvgIpc) is 2.14. The molecule has 0 saturated carbocycles. The van der Waals surface area contributed by atoms with E-state index in [9.17, 15) is 4.79 Å². The summed E-state index contributed by atoms with van der Waals surface area (Å²) < 4.78 is 0. The molecule has 0 aromatic heterocycles. The number of thioether (sulfide) groups is 1. The molecule has 0 aliphatic rings. The summed E-state index contributed by atoms with van der Waals surface area (Å²) >= 11 is 1.59. The first kappa shape index (κ1) is 12.8. The summed E-state index contributed by atoms with van der Waals surface area (Å²) in [5, 5.41) is 2.97. The smallest absolute Gasteiger partial charge is 0.230 e. The lowest BCUT2D eigenvalue weighted by atomic mass is 10.2. The second kappa shape index (κ2) is 8.38. The SMILES string of the molecule is CCC(CC)NC(=O)CSCCN. The fourth-order valence-electron chi connectivity index (χ4n) is 1.01. The lowest BCUT2D eigenvalue weighted by Crippen LogP contribution is -2.35. The van der Waals surface area contributed by atoms with Gasteiger partial charge in [0.2, 0.25) is 5.91 Å². The molecule has 0 fully saturated rings. The zero-order valence-electron chi connectivity index (χ0n) is 8.51. The van der Waals surface area contributed by atoms with Crippen molar-refractivity contribution in [3.8, 4) is 0 Å². The van der Waals surface area contributed by atoms with Gasteiger partial charge in [0.25, 0.3) is 0 Å². The topological polar surface area (TPSA) is 55.1 Å². The molecular weight excluding hydrogens is 184 g/mol. The zero-order valence-corrected chi connectivity index (χ0v) is 9.32. The second-order valence-corrected chi connectivity index (χ2v) is 4.03. The summed E-state index contributed by atoms with van der Waals surface area (Å²) in [6.07, 6.45) is 2.01. The molecule has 0 saturated heterocycles. The van der Waals surface area contributed by atoms with Gasteiger partial charge >= 0.3 is 0 Å². The number of hydrogen-bond acceptors (Lipinski definition) is 3. The van der Waals surface area contributed by atoms with Crippen molar-refractivity contribution >= 4 is 17.7 Å². The molecule has 4 heteroatoms. The highest BCUT2D eigenvalue weighted by Crippen LogP contribution is 2.00. The van der Waals surface area contributed by atoms with Gasteiger partial charge in [-0.25, -0.2) is 0 Å². The number of nitrogens with two attached hydrogens (primary N) is 1. The third-order valence-corrected chi connectivity index (χ3v) is 2.84. The van der Waals surface area contributed by atoms with Crippen LogP contribution in [0.1, 0.15) is 26.7 Å². The molecule has 78 valence electrons. The Morgan fingerprint density at radius 1 is 1.46 bits per heavy atom. The number of hydrogen-bond donors (Lipinski definition) is 2. The molecule has 0 rings (SSSR count). The van der Waals surface area contributed by atoms with Crippen molar-refractivity contribution < 1.29 is 4.79 Å². The molecule has 0 aliphatic heterocycles. The molecule has 1 amide bonds. The Balaban J connectivity index is 3.48. The van der Waals surface area contributed by atoms with E-state index in [0.29, 0.717) is 18.3 Å². The van der Waals surface area contributed by atoms with Crippen LogP contribution in [0.15, 0.2) is 0 Å². The van der Waals surface area contributed by atoms with Crippen molar-refractivity contribution in [2.24, 2.45) is 5.73 Å². The van der Waals surface area contributed by atoms with Crippen molar-refractivity contribution in [1.29, 1.82) is 0 Å². The van der Waals surface area contributed by atoms with Gasteiger partial charge in [-0.15, -0.1) is 0 Å². The van der Waals surface area contributed by atoms with Crippen LogP contribution in [0.5, 0.6) is 0 Å². The molecule has 3 nitrogen and oxygen atoms in total. The maximum Gasteiger partial charge on any atom is 0.230 e. The van der Waals surface area contributed by atoms with E-state index >= 15 is 0 Å². The summed E-state index contributed by atoms with van der Waals surface area (Å²) in [5.74, 6) is 1.52. The van der Waals surface area contributed by atoms with Crippen LogP contribution >= 0.6 is 11.8 Å². The second-order valence-electron chi connectivity index (χ2n) is 2.92. The van der Waals surface area contributed by atoms with E-state index in [-0.39, 0.29) is 5.91 Å². The van der Waals surface area contributed by atoms with E-state index in [1.54, 1.807) is 11.8 Å². The van der Waals surface area contributed by atoms with Gasteiger partial charge in [-0.1, -0.05) is 13.8 Å². The quantitative estimate of drug-likeness (QED) is 0.608. The maximum atomic E-state index is 11.3. The first-order valence-corrected chi connectivity index (χ1v) is 5.97. The predicted molar refractivity (Wildman–Crippen MR) is 58.9 cm³/mol. The molecule has 0 aliphatic carbocycles. The highest BCUT2D eigenvalue weighted by Gasteiger charge is 2.07. The van der Waals surface area contributed by atoms with E-state index < -0.39 is 0 Å². The van der Waals surface area contributed by atoms with Crippen LogP contribution in [0.2, 0.25) is 0 Å². The van der Waals surface area contributed by atoms with Gasteiger partial charge in [0.05, 0.1) is 5.75 Å². The van der Waals surface area contributed by atoms with Gasteiger partial charge < -0.3 is 11.1 Å². The Labute approximate surface area is 84.8 Å². The molecule has 3 N–H and O–H groups in total. The standard InChI is InChI=1S/C9H20N2OS/c1-3-8(4-2)11-9(12)7-13-6-5-10/h8H,3-7,10H2,1-2H3,(H,11,12). The average molecular weight is 204 g/mol. The fraction of sp³-hybridized carbons (Fsp3) is 0.889. The third-order valence-electron chi connectivity index (χ3n) is 1.85. The minimum absolute atomic E-state index is 0.132. The van der Waals surface area contributed by atoms with E-state index in [2.05, 4.69) is 19.2 Å². The van der Waals surface area contributed by atoms with Gasteiger partial charge in [0.1, 0.15) is 0 Å². The van der Waals surface area contributed by atoms with Crippen LogP contribution in [0, 0.1) is 0 Å². The molecule has 0 aromatic carbocycles. The molecule has 0 aromatic rings. The maximum absolute atomic E-state index is 11.3. The minimum atomic E-state index is 0.132. The van der Waals surface area contributed by atoms with Gasteiger partial charge in [-0.2, -0.15) is 11.8 Å². The number of rotatable bonds is 7. The van der Waals surface area contributed by atoms with Crippen molar-refractivity contribution in [1.82, 2.24) is 5.32 Å². The van der Waals surface area contributed by atoms with Crippen LogP contribution in [0.4, 0.5) is 0 Å². The molecule has 13 heavy (non-hydrogen) atoms. The molecule has 0 atom stereocenters. The van der Waals surface area contributed by atoms with Gasteiger partial charge in [0, 0.05) is 18.3 Å². The van der Waals surface area contributed by atoms with Gasteiger partial charge in [0.15, 0.2) is 0 Å². The summed E-state index contributed by atoms with van der Waals surface area (Å²) in [5.41, 5.74) is 5.32. The summed E-state index contributed by atoms with van der Waals surface area (Å²) in [6, 6.07) is 0.339. The zero-order chi connectivity index (χ0) is 10.1. The Bertz CT molecular complexity index is 138. The number of nitrogens with one attached hydrogen (secondary N) is 1. The molecule has 0 bridgehead atoms. The number of carbonyl (C=O) groups is 1. The van der Waals surface area contributed by atoms with Gasteiger partial charge in [-0.3, -0.25) is 4.79 Å². The highest BCUT2D eigenvalue weighted by molar-refractivity contribution is 7.99. The normalized spacial score (nSPS) is 10.5. The molecule has 0 spiro atoms. The first-order chi connectivity index (χ1) is 6.24. The van der Waals surface area contributed by atoms with Crippen LogP contribution < -0.4 is 11.1 Å². The van der Waals surface area contributed by atoms with Crippen molar-refractivity contribution in [3.05, 3.63) is 0 Å². The Morgan fingerprint density at radius 2 is 2.08 bits per heavy atom. The Morgan fingerprint density at radius 3 is 2.54 bits per heavy atom. The van der Waals surface area contributed by atoms with E-state index in [0.717, 1.165) is 18.6 Å². The lowest BCUT2D eigenvalue weighted by Gasteiger charge is -2.14. The van der Waals surface area contributed by atoms with Crippen LogP contribution in [-0.2, 0) is 4.79 Å². The Hall–Kier alpha value is -0.220. The third kappa shape index (κ3) is 6.90. The number of carbonyl (C=O) groups excluding carboxylic acids is 1. The molecule has 0 unspecified atom stereocenters. The first-order valence-electron chi connectivity index (χ1n) is 4.81. The van der Waals surface area contributed by atoms with Crippen molar-refractivity contribution in [3.63, 3.8) is 0 Å². The monoisotopic (exact) mass is 204 g/mol. The highest BCUT2D eigenvalue weighted by atomic mass is 32.2. The van der Waals surface area contributed by atoms with E-state index in [1.165, 1.54) is 0 Å². The van der Waals surface area contributed by atoms with Crippen molar-refractivity contribution in [2.45, 2.75) is 32.7 Å². The number of amides is 1. The fourth-order valence-corrected chi connectivity index (χ4v) is 1.59. The van der Waals surface area contributed by atoms with E-state index in [4.69, 9.17) is 5.73 Å². The molecule has 0 heterocycles. The van der Waals surface area contributed by atoms with Crippen LogP contribution in [0.25, 0.3) is 0 Å².